The van der Waals surface area contributed by atoms with Crippen molar-refractivity contribution in [3.05, 3.63) is 53.6 Å². The number of rotatable bonds is 3. The molecule has 2 aliphatic heterocycles. The summed E-state index contributed by atoms with van der Waals surface area (Å²) in [7, 11) is 0. The van der Waals surface area contributed by atoms with E-state index in [1.807, 2.05) is 31.2 Å². The fourth-order valence-corrected chi connectivity index (χ4v) is 3.50. The Balaban J connectivity index is 1.35. The Labute approximate surface area is 158 Å². The molecular weight excluding hydrogens is 344 g/mol. The fraction of sp³-hybridized carbons (Fsp3) is 0.333. The van der Waals surface area contributed by atoms with Gasteiger partial charge in [0.1, 0.15) is 0 Å². The number of piperidine rings is 1. The smallest absolute Gasteiger partial charge is 0.253 e. The maximum Gasteiger partial charge on any atom is 0.253 e. The van der Waals surface area contributed by atoms with E-state index < -0.39 is 0 Å². The van der Waals surface area contributed by atoms with Crippen LogP contribution in [0.25, 0.3) is 0 Å². The number of ether oxygens (including phenoxy) is 2. The monoisotopic (exact) mass is 366 g/mol. The molecule has 0 saturated carbocycles. The van der Waals surface area contributed by atoms with Gasteiger partial charge in [0.05, 0.1) is 0 Å². The number of nitrogens with zero attached hydrogens (tertiary/aromatic N) is 1. The summed E-state index contributed by atoms with van der Waals surface area (Å²) in [5.41, 5.74) is 2.48. The number of hydrogen-bond acceptors (Lipinski definition) is 4. The molecule has 0 aromatic heterocycles. The van der Waals surface area contributed by atoms with Gasteiger partial charge in [0.2, 0.25) is 12.7 Å². The van der Waals surface area contributed by atoms with Gasteiger partial charge in [0.25, 0.3) is 5.91 Å². The van der Waals surface area contributed by atoms with Crippen molar-refractivity contribution in [2.75, 3.05) is 25.2 Å². The summed E-state index contributed by atoms with van der Waals surface area (Å²) in [6, 6.07) is 13.0. The van der Waals surface area contributed by atoms with Gasteiger partial charge in [0.15, 0.2) is 11.5 Å². The van der Waals surface area contributed by atoms with E-state index in [2.05, 4.69) is 5.32 Å². The van der Waals surface area contributed by atoms with Crippen molar-refractivity contribution in [2.24, 2.45) is 5.92 Å². The molecule has 0 bridgehead atoms. The Morgan fingerprint density at radius 2 is 1.78 bits per heavy atom. The summed E-state index contributed by atoms with van der Waals surface area (Å²) >= 11 is 0. The molecule has 27 heavy (non-hydrogen) atoms. The average molecular weight is 366 g/mol. The van der Waals surface area contributed by atoms with Crippen molar-refractivity contribution in [3.63, 3.8) is 0 Å². The molecule has 6 nitrogen and oxygen atoms in total. The quantitative estimate of drug-likeness (QED) is 0.906. The minimum Gasteiger partial charge on any atom is -0.454 e. The lowest BCUT2D eigenvalue weighted by atomic mass is 9.95. The van der Waals surface area contributed by atoms with Gasteiger partial charge >= 0.3 is 0 Å². The van der Waals surface area contributed by atoms with E-state index in [4.69, 9.17) is 9.47 Å². The van der Waals surface area contributed by atoms with Crippen molar-refractivity contribution < 1.29 is 19.1 Å². The van der Waals surface area contributed by atoms with E-state index in [-0.39, 0.29) is 24.5 Å². The van der Waals surface area contributed by atoms with Crippen LogP contribution >= 0.6 is 0 Å². The Morgan fingerprint density at radius 1 is 1.04 bits per heavy atom. The lowest BCUT2D eigenvalue weighted by Gasteiger charge is -2.31. The maximum absolute atomic E-state index is 12.7. The third-order valence-corrected chi connectivity index (χ3v) is 5.18. The molecule has 0 radical (unpaired) electrons. The SMILES string of the molecule is Cc1ccccc1NC(=O)C1CCN(C(=O)c2ccc3c(c2)OCO3)CC1. The van der Waals surface area contributed by atoms with Crippen LogP contribution in [0, 0.1) is 12.8 Å². The van der Waals surface area contributed by atoms with E-state index >= 15 is 0 Å². The first-order valence-corrected chi connectivity index (χ1v) is 9.17. The zero-order valence-corrected chi connectivity index (χ0v) is 15.2. The number of amides is 2. The highest BCUT2D eigenvalue weighted by molar-refractivity contribution is 5.96. The first-order chi connectivity index (χ1) is 13.1. The van der Waals surface area contributed by atoms with Crippen LogP contribution < -0.4 is 14.8 Å². The van der Waals surface area contributed by atoms with Crippen molar-refractivity contribution in [3.8, 4) is 11.5 Å². The standard InChI is InChI=1S/C21H22N2O4/c1-14-4-2-3-5-17(14)22-20(24)15-8-10-23(11-9-15)21(25)16-6-7-18-19(12-16)27-13-26-18/h2-7,12,15H,8-11,13H2,1H3,(H,22,24). The number of carbonyl (C=O) groups excluding carboxylic acids is 2. The number of carbonyl (C=O) groups is 2. The van der Waals surface area contributed by atoms with Crippen LogP contribution in [0.2, 0.25) is 0 Å². The molecule has 2 aliphatic rings. The molecule has 0 atom stereocenters. The number of aryl methyl sites for hydroxylation is 1. The second kappa shape index (κ2) is 7.31. The van der Waals surface area contributed by atoms with Crippen LogP contribution in [-0.4, -0.2) is 36.6 Å². The fourth-order valence-electron chi connectivity index (χ4n) is 3.50. The summed E-state index contributed by atoms with van der Waals surface area (Å²) in [5.74, 6) is 1.18. The van der Waals surface area contributed by atoms with Crippen LogP contribution in [0.1, 0.15) is 28.8 Å². The number of para-hydroxylation sites is 1. The van der Waals surface area contributed by atoms with E-state index in [9.17, 15) is 9.59 Å². The van der Waals surface area contributed by atoms with Crippen LogP contribution in [-0.2, 0) is 4.79 Å². The molecule has 2 heterocycles. The van der Waals surface area contributed by atoms with Gasteiger partial charge in [-0.25, -0.2) is 0 Å². The predicted molar refractivity (Wildman–Crippen MR) is 101 cm³/mol. The summed E-state index contributed by atoms with van der Waals surface area (Å²) in [4.78, 5) is 27.1. The van der Waals surface area contributed by atoms with Gasteiger partial charge in [-0.3, -0.25) is 9.59 Å². The Kier molecular flexibility index (Phi) is 4.71. The summed E-state index contributed by atoms with van der Waals surface area (Å²) < 4.78 is 10.6. The second-order valence-corrected chi connectivity index (χ2v) is 6.94. The zero-order valence-electron chi connectivity index (χ0n) is 15.2. The van der Waals surface area contributed by atoms with E-state index in [0.717, 1.165) is 11.3 Å². The number of likely N-dealkylation sites (tertiary alicyclic amines) is 1. The largest absolute Gasteiger partial charge is 0.454 e. The van der Waals surface area contributed by atoms with E-state index in [0.29, 0.717) is 43.0 Å². The second-order valence-electron chi connectivity index (χ2n) is 6.94. The van der Waals surface area contributed by atoms with Gasteiger partial charge in [-0.2, -0.15) is 0 Å². The van der Waals surface area contributed by atoms with Crippen molar-refractivity contribution >= 4 is 17.5 Å². The topological polar surface area (TPSA) is 67.9 Å². The molecule has 2 aromatic rings. The minimum atomic E-state index is -0.0783. The molecule has 0 spiro atoms. The third kappa shape index (κ3) is 3.60. The molecule has 2 amide bonds. The molecule has 140 valence electrons. The molecule has 1 fully saturated rings. The Morgan fingerprint density at radius 3 is 2.56 bits per heavy atom. The summed E-state index contributed by atoms with van der Waals surface area (Å²) in [6.45, 7) is 3.30. The summed E-state index contributed by atoms with van der Waals surface area (Å²) in [6.07, 6.45) is 1.32. The van der Waals surface area contributed by atoms with Crippen LogP contribution in [0.3, 0.4) is 0 Å². The number of fused-ring (bicyclic) bond motifs is 1. The molecule has 6 heteroatoms. The van der Waals surface area contributed by atoms with Crippen LogP contribution in [0.15, 0.2) is 42.5 Å². The predicted octanol–water partition coefficient (Wildman–Crippen LogP) is 3.21. The Hall–Kier alpha value is -3.02. The van der Waals surface area contributed by atoms with Gasteiger partial charge in [-0.15, -0.1) is 0 Å². The lowest BCUT2D eigenvalue weighted by molar-refractivity contribution is -0.121. The number of benzene rings is 2. The van der Waals surface area contributed by atoms with Gasteiger partial charge in [-0.1, -0.05) is 18.2 Å². The normalized spacial score (nSPS) is 16.3. The lowest BCUT2D eigenvalue weighted by Crippen LogP contribution is -2.41. The zero-order chi connectivity index (χ0) is 18.8. The molecule has 0 unspecified atom stereocenters. The van der Waals surface area contributed by atoms with E-state index in [1.165, 1.54) is 0 Å². The van der Waals surface area contributed by atoms with E-state index in [1.54, 1.807) is 23.1 Å². The minimum absolute atomic E-state index is 0.0273. The van der Waals surface area contributed by atoms with Crippen LogP contribution in [0.4, 0.5) is 5.69 Å². The molecule has 2 aromatic carbocycles. The Bertz CT molecular complexity index is 872. The first-order valence-electron chi connectivity index (χ1n) is 9.17. The average Bonchev–Trinajstić information content (AvgIpc) is 3.17. The molecular formula is C21H22N2O4. The molecule has 4 rings (SSSR count). The summed E-state index contributed by atoms with van der Waals surface area (Å²) in [5, 5.41) is 3.01. The van der Waals surface area contributed by atoms with Gasteiger partial charge < -0.3 is 19.7 Å². The highest BCUT2D eigenvalue weighted by atomic mass is 16.7. The maximum atomic E-state index is 12.7. The van der Waals surface area contributed by atoms with Gasteiger partial charge in [-0.05, 0) is 49.6 Å². The first kappa shape index (κ1) is 17.4. The van der Waals surface area contributed by atoms with Gasteiger partial charge in [0, 0.05) is 30.3 Å². The number of anilines is 1. The van der Waals surface area contributed by atoms with Crippen molar-refractivity contribution in [2.45, 2.75) is 19.8 Å². The highest BCUT2D eigenvalue weighted by Gasteiger charge is 2.28. The number of nitrogens with one attached hydrogen (secondary N) is 1. The molecule has 0 aliphatic carbocycles. The van der Waals surface area contributed by atoms with Crippen molar-refractivity contribution in [1.82, 2.24) is 4.90 Å². The van der Waals surface area contributed by atoms with Crippen molar-refractivity contribution in [1.29, 1.82) is 0 Å². The highest BCUT2D eigenvalue weighted by Crippen LogP contribution is 2.33. The number of hydrogen-bond donors (Lipinski definition) is 1. The third-order valence-electron chi connectivity index (χ3n) is 5.18. The molecule has 1 N–H and O–H groups in total. The van der Waals surface area contributed by atoms with Crippen LogP contribution in [0.5, 0.6) is 11.5 Å². The molecule has 1 saturated heterocycles.